The lowest BCUT2D eigenvalue weighted by Crippen LogP contribution is -2.44. The number of pyridine rings is 1. The van der Waals surface area contributed by atoms with E-state index in [0.717, 1.165) is 37.6 Å². The summed E-state index contributed by atoms with van der Waals surface area (Å²) in [5.74, 6) is 0.727. The van der Waals surface area contributed by atoms with E-state index in [2.05, 4.69) is 27.1 Å². The van der Waals surface area contributed by atoms with Crippen LogP contribution in [-0.4, -0.2) is 73.4 Å². The third-order valence-electron chi connectivity index (χ3n) is 4.81. The number of aromatic nitrogens is 1. The monoisotopic (exact) mass is 331 g/mol. The fourth-order valence-electron chi connectivity index (χ4n) is 3.12. The number of likely N-dealkylation sites (N-methyl/N-ethyl adjacent to an activating group) is 1. The lowest BCUT2D eigenvalue weighted by Gasteiger charge is -2.33. The van der Waals surface area contributed by atoms with Gasteiger partial charge in [-0.2, -0.15) is 0 Å². The largest absolute Gasteiger partial charge is 0.354 e. The van der Waals surface area contributed by atoms with Crippen molar-refractivity contribution in [2.24, 2.45) is 5.92 Å². The highest BCUT2D eigenvalue weighted by molar-refractivity contribution is 5.89. The third-order valence-corrected chi connectivity index (χ3v) is 4.81. The van der Waals surface area contributed by atoms with Crippen LogP contribution in [0.15, 0.2) is 18.3 Å². The van der Waals surface area contributed by atoms with Crippen molar-refractivity contribution in [3.63, 3.8) is 0 Å². The molecule has 0 radical (unpaired) electrons. The third kappa shape index (κ3) is 3.84. The molecule has 0 unspecified atom stereocenters. The quantitative estimate of drug-likeness (QED) is 0.836. The molecule has 0 aromatic carbocycles. The smallest absolute Gasteiger partial charge is 0.225 e. The van der Waals surface area contributed by atoms with Crippen LogP contribution in [0.5, 0.6) is 0 Å². The number of carbonyl (C=O) groups excluding carboxylic acids is 2. The fraction of sp³-hybridized carbons (Fsp3) is 0.588. The maximum absolute atomic E-state index is 12.1. The van der Waals surface area contributed by atoms with Gasteiger partial charge in [-0.25, -0.2) is 4.98 Å². The van der Waals surface area contributed by atoms with Crippen LogP contribution in [0.4, 0.5) is 5.82 Å². The Balaban J connectivity index is 1.49. The molecule has 2 saturated heterocycles. The van der Waals surface area contributed by atoms with Gasteiger partial charge >= 0.3 is 0 Å². The number of rotatable bonds is 4. The van der Waals surface area contributed by atoms with E-state index < -0.39 is 0 Å². The molecule has 1 aromatic rings. The molecule has 1 N–H and O–H groups in total. The van der Waals surface area contributed by atoms with Crippen molar-refractivity contribution in [3.05, 3.63) is 23.9 Å². The van der Waals surface area contributed by atoms with Crippen molar-refractivity contribution >= 4 is 17.6 Å². The van der Waals surface area contributed by atoms with Crippen molar-refractivity contribution < 1.29 is 9.59 Å². The number of amides is 2. The minimum absolute atomic E-state index is 0.0355. The summed E-state index contributed by atoms with van der Waals surface area (Å²) in [6.07, 6.45) is 2.13. The van der Waals surface area contributed by atoms with Crippen molar-refractivity contribution in [3.8, 4) is 0 Å². The average Bonchev–Trinajstić information content (AvgIpc) is 2.93. The molecule has 7 heteroatoms. The molecule has 1 aromatic heterocycles. The number of hydrogen-bond donors (Lipinski definition) is 1. The van der Waals surface area contributed by atoms with Gasteiger partial charge in [0.05, 0.1) is 5.92 Å². The Morgan fingerprint density at radius 2 is 2.00 bits per heavy atom. The summed E-state index contributed by atoms with van der Waals surface area (Å²) < 4.78 is 0. The summed E-state index contributed by atoms with van der Waals surface area (Å²) in [5, 5.41) is 2.91. The molecular weight excluding hydrogens is 306 g/mol. The van der Waals surface area contributed by atoms with Gasteiger partial charge in [0, 0.05) is 58.9 Å². The van der Waals surface area contributed by atoms with Crippen LogP contribution in [-0.2, 0) is 16.1 Å². The highest BCUT2D eigenvalue weighted by Gasteiger charge is 2.31. The van der Waals surface area contributed by atoms with Crippen LogP contribution in [0, 0.1) is 5.92 Å². The molecule has 3 rings (SSSR count). The molecule has 0 bridgehead atoms. The Hall–Kier alpha value is -2.15. The van der Waals surface area contributed by atoms with E-state index in [0.29, 0.717) is 19.5 Å². The molecule has 0 saturated carbocycles. The zero-order valence-electron chi connectivity index (χ0n) is 14.4. The van der Waals surface area contributed by atoms with Crippen molar-refractivity contribution in [1.82, 2.24) is 20.1 Å². The van der Waals surface area contributed by atoms with E-state index in [1.165, 1.54) is 0 Å². The number of carbonyl (C=O) groups is 2. The zero-order valence-corrected chi connectivity index (χ0v) is 14.4. The summed E-state index contributed by atoms with van der Waals surface area (Å²) in [5.41, 5.74) is 0.971. The average molecular weight is 331 g/mol. The molecule has 24 heavy (non-hydrogen) atoms. The summed E-state index contributed by atoms with van der Waals surface area (Å²) in [4.78, 5) is 34.4. The predicted octanol–water partition coefficient (Wildman–Crippen LogP) is -0.0721. The number of hydrogen-bond acceptors (Lipinski definition) is 5. The standard InChI is InChI=1S/C17H25N5O2/c1-20-5-7-22(8-6-20)15-4-3-13(10-18-15)11-19-17(24)14-9-16(23)21(2)12-14/h3-4,10,14H,5-9,11-12H2,1-2H3,(H,19,24)/t14-/m0/s1. The molecule has 3 heterocycles. The van der Waals surface area contributed by atoms with Gasteiger partial charge in [0.15, 0.2) is 0 Å². The maximum atomic E-state index is 12.1. The number of nitrogens with zero attached hydrogens (tertiary/aromatic N) is 4. The first-order valence-electron chi connectivity index (χ1n) is 8.43. The Labute approximate surface area is 142 Å². The number of piperazine rings is 1. The van der Waals surface area contributed by atoms with Crippen molar-refractivity contribution in [2.45, 2.75) is 13.0 Å². The van der Waals surface area contributed by atoms with Gasteiger partial charge < -0.3 is 20.0 Å². The van der Waals surface area contributed by atoms with Gasteiger partial charge in [-0.1, -0.05) is 6.07 Å². The Bertz CT molecular complexity index is 596. The van der Waals surface area contributed by atoms with E-state index in [-0.39, 0.29) is 17.7 Å². The van der Waals surface area contributed by atoms with Crippen LogP contribution < -0.4 is 10.2 Å². The first-order chi connectivity index (χ1) is 11.5. The molecule has 2 aliphatic rings. The van der Waals surface area contributed by atoms with Gasteiger partial charge in [-0.3, -0.25) is 9.59 Å². The molecule has 0 aliphatic carbocycles. The van der Waals surface area contributed by atoms with Crippen LogP contribution in [0.1, 0.15) is 12.0 Å². The number of anilines is 1. The topological polar surface area (TPSA) is 68.8 Å². The number of likely N-dealkylation sites (tertiary alicyclic amines) is 1. The van der Waals surface area contributed by atoms with Gasteiger partial charge in [0.25, 0.3) is 0 Å². The van der Waals surface area contributed by atoms with E-state index in [9.17, 15) is 9.59 Å². The van der Waals surface area contributed by atoms with Crippen LogP contribution >= 0.6 is 0 Å². The van der Waals surface area contributed by atoms with Crippen molar-refractivity contribution in [1.29, 1.82) is 0 Å². The molecule has 1 atom stereocenters. The predicted molar refractivity (Wildman–Crippen MR) is 91.5 cm³/mol. The first kappa shape index (κ1) is 16.7. The van der Waals surface area contributed by atoms with Crippen LogP contribution in [0.2, 0.25) is 0 Å². The van der Waals surface area contributed by atoms with E-state index in [1.54, 1.807) is 11.9 Å². The molecule has 0 spiro atoms. The highest BCUT2D eigenvalue weighted by Crippen LogP contribution is 2.17. The molecular formula is C17H25N5O2. The zero-order chi connectivity index (χ0) is 17.1. The number of nitrogens with one attached hydrogen (secondary N) is 1. The maximum Gasteiger partial charge on any atom is 0.225 e. The van der Waals surface area contributed by atoms with Crippen molar-refractivity contribution in [2.75, 3.05) is 51.7 Å². The first-order valence-corrected chi connectivity index (χ1v) is 8.43. The van der Waals surface area contributed by atoms with E-state index >= 15 is 0 Å². The van der Waals surface area contributed by atoms with E-state index in [4.69, 9.17) is 0 Å². The van der Waals surface area contributed by atoms with Crippen LogP contribution in [0.3, 0.4) is 0 Å². The summed E-state index contributed by atoms with van der Waals surface area (Å²) in [6, 6.07) is 4.02. The highest BCUT2D eigenvalue weighted by atomic mass is 16.2. The Morgan fingerprint density at radius 1 is 1.25 bits per heavy atom. The van der Waals surface area contributed by atoms with E-state index in [1.807, 2.05) is 18.3 Å². The Kier molecular flexibility index (Phi) is 4.99. The summed E-state index contributed by atoms with van der Waals surface area (Å²) >= 11 is 0. The molecule has 7 nitrogen and oxygen atoms in total. The van der Waals surface area contributed by atoms with Gasteiger partial charge in [-0.15, -0.1) is 0 Å². The fourth-order valence-corrected chi connectivity index (χ4v) is 3.12. The minimum Gasteiger partial charge on any atom is -0.354 e. The summed E-state index contributed by atoms with van der Waals surface area (Å²) in [7, 11) is 3.86. The molecule has 2 fully saturated rings. The normalized spacial score (nSPS) is 22.1. The van der Waals surface area contributed by atoms with Gasteiger partial charge in [-0.05, 0) is 18.7 Å². The summed E-state index contributed by atoms with van der Waals surface area (Å²) in [6.45, 7) is 5.03. The van der Waals surface area contributed by atoms with Gasteiger partial charge in [0.2, 0.25) is 11.8 Å². The second-order valence-electron chi connectivity index (χ2n) is 6.71. The molecule has 2 amide bonds. The minimum atomic E-state index is -0.236. The van der Waals surface area contributed by atoms with Gasteiger partial charge in [0.1, 0.15) is 5.82 Å². The second kappa shape index (κ2) is 7.17. The molecule has 2 aliphatic heterocycles. The lowest BCUT2D eigenvalue weighted by molar-refractivity contribution is -0.128. The second-order valence-corrected chi connectivity index (χ2v) is 6.71. The lowest BCUT2D eigenvalue weighted by atomic mass is 10.1. The van der Waals surface area contributed by atoms with Crippen LogP contribution in [0.25, 0.3) is 0 Å². The Morgan fingerprint density at radius 3 is 2.58 bits per heavy atom. The SMILES string of the molecule is CN1CCN(c2ccc(CNC(=O)[C@H]3CC(=O)N(C)C3)cn2)CC1. The molecule has 130 valence electrons.